The molecule has 3 heterocycles. The fraction of sp³-hybridized carbons (Fsp3) is 0.275. The average Bonchev–Trinajstić information content (AvgIpc) is 3.29. The van der Waals surface area contributed by atoms with Crippen molar-refractivity contribution in [3.63, 3.8) is 0 Å². The first kappa shape index (κ1) is 32.3. The summed E-state index contributed by atoms with van der Waals surface area (Å²) in [4.78, 5) is 22.7. The Hall–Kier alpha value is -4.62. The number of fused-ring (bicyclic) bond motifs is 2. The maximum absolute atomic E-state index is 12.4. The SMILES string of the molecule is Cc1ccc(-c2ccc(Cn3c(CC(C)(C)C(=O)O)c(SC(C)(C)C)c4cc(OCc5ccc6ccccc6n5)ccc43)cc2)cn1. The number of thioether (sulfide) groups is 1. The minimum absolute atomic E-state index is 0.100. The highest BCUT2D eigenvalue weighted by Gasteiger charge is 2.33. The standard InChI is InChI=1S/C40H41N3O3S/c1-26-11-14-30(23-41-26)28-15-12-27(13-16-28)24-43-35-20-19-32(46-25-31-18-17-29-9-7-8-10-34(29)42-31)21-33(35)37(47-39(2,3)4)36(43)22-40(5,6)38(44)45/h7-21,23H,22,24-25H2,1-6H3,(H,44,45). The van der Waals surface area contributed by atoms with Crippen LogP contribution in [0.25, 0.3) is 32.9 Å². The van der Waals surface area contributed by atoms with E-state index in [0.29, 0.717) is 19.6 Å². The van der Waals surface area contributed by atoms with Gasteiger partial charge in [0.2, 0.25) is 0 Å². The molecule has 0 aliphatic rings. The summed E-state index contributed by atoms with van der Waals surface area (Å²) in [6.07, 6.45) is 2.29. The lowest BCUT2D eigenvalue weighted by Gasteiger charge is -2.24. The molecule has 0 aliphatic heterocycles. The molecule has 6 nitrogen and oxygen atoms in total. The lowest BCUT2D eigenvalue weighted by Crippen LogP contribution is -2.28. The van der Waals surface area contributed by atoms with E-state index >= 15 is 0 Å². The average molecular weight is 644 g/mol. The highest BCUT2D eigenvalue weighted by Crippen LogP contribution is 2.44. The number of carbonyl (C=O) groups is 1. The zero-order valence-corrected chi connectivity index (χ0v) is 28.7. The van der Waals surface area contributed by atoms with Crippen LogP contribution in [0.5, 0.6) is 5.75 Å². The van der Waals surface area contributed by atoms with Crippen LogP contribution in [-0.2, 0) is 24.4 Å². The van der Waals surface area contributed by atoms with Crippen molar-refractivity contribution in [3.8, 4) is 16.9 Å². The highest BCUT2D eigenvalue weighted by molar-refractivity contribution is 8.00. The van der Waals surface area contributed by atoms with Gasteiger partial charge in [-0.1, -0.05) is 75.4 Å². The molecule has 0 fully saturated rings. The number of ether oxygens (including phenoxy) is 1. The van der Waals surface area contributed by atoms with Crippen molar-refractivity contribution in [2.75, 3.05) is 0 Å². The molecule has 6 rings (SSSR count). The maximum atomic E-state index is 12.4. The maximum Gasteiger partial charge on any atom is 0.309 e. The molecule has 0 aliphatic carbocycles. The van der Waals surface area contributed by atoms with Crippen molar-refractivity contribution in [1.29, 1.82) is 0 Å². The van der Waals surface area contributed by atoms with Gasteiger partial charge in [-0.3, -0.25) is 9.78 Å². The number of aliphatic carboxylic acids is 1. The van der Waals surface area contributed by atoms with Gasteiger partial charge in [0.05, 0.1) is 16.6 Å². The molecule has 0 bridgehead atoms. The number of carboxylic acids is 1. The first-order valence-corrected chi connectivity index (χ1v) is 16.7. The Morgan fingerprint density at radius 3 is 2.34 bits per heavy atom. The van der Waals surface area contributed by atoms with Crippen LogP contribution < -0.4 is 4.74 Å². The van der Waals surface area contributed by atoms with E-state index in [1.807, 2.05) is 49.5 Å². The van der Waals surface area contributed by atoms with Gasteiger partial charge in [0.25, 0.3) is 0 Å². The third kappa shape index (κ3) is 7.36. The number of carboxylic acid groups (broad SMARTS) is 1. The third-order valence-electron chi connectivity index (χ3n) is 8.27. The zero-order valence-electron chi connectivity index (χ0n) is 27.9. The topological polar surface area (TPSA) is 77.2 Å². The second-order valence-corrected chi connectivity index (χ2v) is 15.6. The summed E-state index contributed by atoms with van der Waals surface area (Å²) < 4.78 is 8.52. The molecule has 0 amide bonds. The molecule has 0 spiro atoms. The van der Waals surface area contributed by atoms with Crippen molar-refractivity contribution in [2.45, 2.75) is 70.8 Å². The lowest BCUT2D eigenvalue weighted by molar-refractivity contribution is -0.146. The number of aryl methyl sites for hydroxylation is 1. The fourth-order valence-corrected chi connectivity index (χ4v) is 6.87. The summed E-state index contributed by atoms with van der Waals surface area (Å²) in [6.45, 7) is 13.1. The largest absolute Gasteiger partial charge is 0.487 e. The molecular weight excluding hydrogens is 603 g/mol. The van der Waals surface area contributed by atoms with E-state index in [0.717, 1.165) is 66.2 Å². The summed E-state index contributed by atoms with van der Waals surface area (Å²) in [7, 11) is 0. The van der Waals surface area contributed by atoms with Crippen LogP contribution in [0.1, 0.15) is 57.3 Å². The normalized spacial score (nSPS) is 12.1. The molecule has 3 aromatic heterocycles. The van der Waals surface area contributed by atoms with Crippen LogP contribution in [-0.4, -0.2) is 30.4 Å². The van der Waals surface area contributed by atoms with Gasteiger partial charge in [0, 0.05) is 62.0 Å². The second-order valence-electron chi connectivity index (χ2n) is 13.8. The number of benzene rings is 3. The molecule has 0 saturated carbocycles. The molecule has 0 unspecified atom stereocenters. The Morgan fingerprint density at radius 2 is 1.64 bits per heavy atom. The van der Waals surface area contributed by atoms with E-state index in [9.17, 15) is 9.90 Å². The van der Waals surface area contributed by atoms with Crippen molar-refractivity contribution in [1.82, 2.24) is 14.5 Å². The van der Waals surface area contributed by atoms with Gasteiger partial charge >= 0.3 is 5.97 Å². The number of para-hydroxylation sites is 1. The summed E-state index contributed by atoms with van der Waals surface area (Å²) in [5.74, 6) is -0.0653. The van der Waals surface area contributed by atoms with Gasteiger partial charge in [-0.25, -0.2) is 4.98 Å². The van der Waals surface area contributed by atoms with E-state index in [1.54, 1.807) is 25.6 Å². The van der Waals surface area contributed by atoms with E-state index in [4.69, 9.17) is 9.72 Å². The molecule has 1 N–H and O–H groups in total. The van der Waals surface area contributed by atoms with Crippen molar-refractivity contribution in [3.05, 3.63) is 120 Å². The molecular formula is C40H41N3O3S. The first-order chi connectivity index (χ1) is 22.4. The monoisotopic (exact) mass is 643 g/mol. The summed E-state index contributed by atoms with van der Waals surface area (Å²) in [5.41, 5.74) is 7.23. The van der Waals surface area contributed by atoms with Crippen LogP contribution in [0.4, 0.5) is 0 Å². The molecule has 0 radical (unpaired) electrons. The number of nitrogens with zero attached hydrogens (tertiary/aromatic N) is 3. The van der Waals surface area contributed by atoms with Crippen molar-refractivity contribution in [2.24, 2.45) is 5.41 Å². The molecule has 3 aromatic carbocycles. The molecule has 47 heavy (non-hydrogen) atoms. The quantitative estimate of drug-likeness (QED) is 0.150. The van der Waals surface area contributed by atoms with Gasteiger partial charge in [-0.15, -0.1) is 11.8 Å². The van der Waals surface area contributed by atoms with Gasteiger partial charge in [0.15, 0.2) is 0 Å². The van der Waals surface area contributed by atoms with Crippen molar-refractivity contribution >= 4 is 39.5 Å². The molecule has 240 valence electrons. The molecule has 6 aromatic rings. The van der Waals surface area contributed by atoms with E-state index < -0.39 is 11.4 Å². The van der Waals surface area contributed by atoms with Gasteiger partial charge in [0.1, 0.15) is 12.4 Å². The molecule has 7 heteroatoms. The third-order valence-corrected chi connectivity index (χ3v) is 9.54. The fourth-order valence-electron chi connectivity index (χ4n) is 5.69. The minimum atomic E-state index is -0.956. The van der Waals surface area contributed by atoms with Gasteiger partial charge in [-0.2, -0.15) is 0 Å². The Labute approximate surface area is 280 Å². The Kier molecular flexibility index (Phi) is 8.86. The smallest absolute Gasteiger partial charge is 0.309 e. The molecule has 0 atom stereocenters. The minimum Gasteiger partial charge on any atom is -0.487 e. The summed E-state index contributed by atoms with van der Waals surface area (Å²) >= 11 is 1.78. The van der Waals surface area contributed by atoms with Crippen LogP contribution >= 0.6 is 11.8 Å². The van der Waals surface area contributed by atoms with Gasteiger partial charge < -0.3 is 14.4 Å². The summed E-state index contributed by atoms with van der Waals surface area (Å²) in [6, 6.07) is 31.0. The summed E-state index contributed by atoms with van der Waals surface area (Å²) in [5, 5.41) is 12.3. The predicted octanol–water partition coefficient (Wildman–Crippen LogP) is 9.73. The molecule has 0 saturated heterocycles. The number of aromatic nitrogens is 3. The van der Waals surface area contributed by atoms with Crippen LogP contribution in [0, 0.1) is 12.3 Å². The van der Waals surface area contributed by atoms with Crippen LogP contribution in [0.3, 0.4) is 0 Å². The number of pyridine rings is 2. The van der Waals surface area contributed by atoms with E-state index in [2.05, 4.69) is 84.9 Å². The van der Waals surface area contributed by atoms with Gasteiger partial charge in [-0.05, 0) is 68.3 Å². The Bertz CT molecular complexity index is 2060. The Balaban J connectivity index is 1.40. The second kappa shape index (κ2) is 12.9. The highest BCUT2D eigenvalue weighted by atomic mass is 32.2. The zero-order chi connectivity index (χ0) is 33.3. The number of rotatable bonds is 10. The van der Waals surface area contributed by atoms with Crippen molar-refractivity contribution < 1.29 is 14.6 Å². The number of hydrogen-bond donors (Lipinski definition) is 1. The predicted molar refractivity (Wildman–Crippen MR) is 192 cm³/mol. The van der Waals surface area contributed by atoms with E-state index in [1.165, 1.54) is 0 Å². The lowest BCUT2D eigenvalue weighted by atomic mass is 9.88. The first-order valence-electron chi connectivity index (χ1n) is 15.9. The number of hydrogen-bond acceptors (Lipinski definition) is 5. The van der Waals surface area contributed by atoms with Crippen LogP contribution in [0.2, 0.25) is 0 Å². The Morgan fingerprint density at radius 1 is 0.894 bits per heavy atom. The van der Waals surface area contributed by atoms with Crippen LogP contribution in [0.15, 0.2) is 102 Å². The van der Waals surface area contributed by atoms with E-state index in [-0.39, 0.29) is 4.75 Å².